The zero-order valence-corrected chi connectivity index (χ0v) is 11.7. The third kappa shape index (κ3) is 2.71. The number of fused-ring (bicyclic) bond motifs is 1. The number of carboxylic acid groups (broad SMARTS) is 1. The van der Waals surface area contributed by atoms with E-state index in [1.807, 2.05) is 30.3 Å². The van der Waals surface area contributed by atoms with E-state index < -0.39 is 12.0 Å². The maximum absolute atomic E-state index is 12.4. The molecule has 1 aromatic rings. The zero-order chi connectivity index (χ0) is 14.8. The molecule has 2 aliphatic heterocycles. The van der Waals surface area contributed by atoms with Crippen molar-refractivity contribution in [3.8, 4) is 0 Å². The van der Waals surface area contributed by atoms with Gasteiger partial charge in [-0.25, -0.2) is 9.59 Å². The molecule has 2 N–H and O–H groups in total. The molecule has 2 amide bonds. The van der Waals surface area contributed by atoms with Gasteiger partial charge < -0.3 is 20.2 Å². The van der Waals surface area contributed by atoms with Crippen LogP contribution in [0.15, 0.2) is 30.3 Å². The van der Waals surface area contributed by atoms with E-state index in [1.165, 1.54) is 4.90 Å². The molecule has 2 fully saturated rings. The Morgan fingerprint density at radius 2 is 2.14 bits per heavy atom. The Kier molecular flexibility index (Phi) is 3.79. The second-order valence-electron chi connectivity index (χ2n) is 5.53. The SMILES string of the molecule is O=C(O)[C@@H](Cc1ccccc1)N1CC2CNCCN2C1=O. The van der Waals surface area contributed by atoms with Crippen LogP contribution in [0.4, 0.5) is 4.79 Å². The van der Waals surface area contributed by atoms with Gasteiger partial charge in [-0.1, -0.05) is 30.3 Å². The number of rotatable bonds is 4. The standard InChI is InChI=1S/C15H19N3O3/c19-14(20)13(8-11-4-2-1-3-5-11)18-10-12-9-16-6-7-17(12)15(18)21/h1-5,12-13,16H,6-10H2,(H,19,20)/t12?,13-/m1/s1. The smallest absolute Gasteiger partial charge is 0.326 e. The van der Waals surface area contributed by atoms with Gasteiger partial charge in [-0.15, -0.1) is 0 Å². The Labute approximate surface area is 123 Å². The lowest BCUT2D eigenvalue weighted by atomic mass is 10.0. The lowest BCUT2D eigenvalue weighted by Crippen LogP contribution is -2.50. The van der Waals surface area contributed by atoms with Crippen molar-refractivity contribution in [2.45, 2.75) is 18.5 Å². The monoisotopic (exact) mass is 289 g/mol. The second-order valence-corrected chi connectivity index (χ2v) is 5.53. The number of piperazine rings is 1. The van der Waals surface area contributed by atoms with Crippen LogP contribution in [0, 0.1) is 0 Å². The fraction of sp³-hybridized carbons (Fsp3) is 0.467. The van der Waals surface area contributed by atoms with Gasteiger partial charge in [0.05, 0.1) is 6.04 Å². The van der Waals surface area contributed by atoms with Gasteiger partial charge >= 0.3 is 12.0 Å². The number of nitrogens with zero attached hydrogens (tertiary/aromatic N) is 2. The minimum absolute atomic E-state index is 0.0869. The first-order valence-electron chi connectivity index (χ1n) is 7.21. The van der Waals surface area contributed by atoms with Crippen molar-refractivity contribution in [3.63, 3.8) is 0 Å². The van der Waals surface area contributed by atoms with Crippen molar-refractivity contribution in [2.24, 2.45) is 0 Å². The largest absolute Gasteiger partial charge is 0.480 e. The van der Waals surface area contributed by atoms with Crippen LogP contribution in [0.3, 0.4) is 0 Å². The molecule has 0 aliphatic carbocycles. The van der Waals surface area contributed by atoms with E-state index in [0.29, 0.717) is 19.5 Å². The summed E-state index contributed by atoms with van der Waals surface area (Å²) in [7, 11) is 0. The van der Waals surface area contributed by atoms with Crippen LogP contribution in [0.1, 0.15) is 5.56 Å². The number of urea groups is 1. The molecule has 3 rings (SSSR count). The number of benzene rings is 1. The number of carboxylic acids is 1. The van der Waals surface area contributed by atoms with Gasteiger partial charge in [0.15, 0.2) is 0 Å². The molecular formula is C15H19N3O3. The molecule has 6 nitrogen and oxygen atoms in total. The molecule has 6 heteroatoms. The topological polar surface area (TPSA) is 72.9 Å². The number of carbonyl (C=O) groups is 2. The first-order valence-corrected chi connectivity index (χ1v) is 7.21. The highest BCUT2D eigenvalue weighted by atomic mass is 16.4. The quantitative estimate of drug-likeness (QED) is 0.841. The van der Waals surface area contributed by atoms with Gasteiger partial charge in [0.2, 0.25) is 0 Å². The molecule has 21 heavy (non-hydrogen) atoms. The van der Waals surface area contributed by atoms with Crippen LogP contribution < -0.4 is 5.32 Å². The summed E-state index contributed by atoms with van der Waals surface area (Å²) in [6.45, 7) is 2.64. The van der Waals surface area contributed by atoms with Crippen molar-refractivity contribution in [1.29, 1.82) is 0 Å². The molecule has 2 saturated heterocycles. The summed E-state index contributed by atoms with van der Waals surface area (Å²) in [6, 6.07) is 8.59. The molecule has 112 valence electrons. The van der Waals surface area contributed by atoms with E-state index in [2.05, 4.69) is 5.32 Å². The summed E-state index contributed by atoms with van der Waals surface area (Å²) in [6.07, 6.45) is 0.343. The van der Waals surface area contributed by atoms with Crippen LogP contribution in [0.2, 0.25) is 0 Å². The van der Waals surface area contributed by atoms with Crippen molar-refractivity contribution >= 4 is 12.0 Å². The average Bonchev–Trinajstić information content (AvgIpc) is 2.83. The van der Waals surface area contributed by atoms with Crippen molar-refractivity contribution in [3.05, 3.63) is 35.9 Å². The Balaban J connectivity index is 1.78. The molecule has 2 atom stereocenters. The van der Waals surface area contributed by atoms with Crippen LogP contribution in [0.25, 0.3) is 0 Å². The molecule has 0 aromatic heterocycles. The predicted molar refractivity (Wildman–Crippen MR) is 77.0 cm³/mol. The maximum atomic E-state index is 12.4. The molecule has 2 aliphatic rings. The zero-order valence-electron chi connectivity index (χ0n) is 11.7. The highest BCUT2D eigenvalue weighted by Gasteiger charge is 2.43. The van der Waals surface area contributed by atoms with Gasteiger partial charge in [-0.3, -0.25) is 0 Å². The number of nitrogens with one attached hydrogen (secondary N) is 1. The predicted octanol–water partition coefficient (Wildman–Crippen LogP) is 0.392. The van der Waals surface area contributed by atoms with Crippen molar-refractivity contribution in [1.82, 2.24) is 15.1 Å². The van der Waals surface area contributed by atoms with Crippen LogP contribution in [-0.4, -0.2) is 65.2 Å². The van der Waals surface area contributed by atoms with Crippen molar-refractivity contribution < 1.29 is 14.7 Å². The number of amides is 2. The minimum Gasteiger partial charge on any atom is -0.480 e. The normalized spacial score (nSPS) is 23.0. The lowest BCUT2D eigenvalue weighted by molar-refractivity contribution is -0.141. The number of aliphatic carboxylic acids is 1. The molecule has 2 heterocycles. The van der Waals surface area contributed by atoms with E-state index >= 15 is 0 Å². The highest BCUT2D eigenvalue weighted by Crippen LogP contribution is 2.22. The van der Waals surface area contributed by atoms with E-state index in [-0.39, 0.29) is 12.1 Å². The Morgan fingerprint density at radius 3 is 2.81 bits per heavy atom. The Hall–Kier alpha value is -2.08. The van der Waals surface area contributed by atoms with Gasteiger partial charge in [0.25, 0.3) is 0 Å². The minimum atomic E-state index is -0.944. The fourth-order valence-corrected chi connectivity index (χ4v) is 3.07. The first-order chi connectivity index (χ1) is 10.2. The van der Waals surface area contributed by atoms with Gasteiger partial charge in [-0.2, -0.15) is 0 Å². The second kappa shape index (κ2) is 5.73. The lowest BCUT2D eigenvalue weighted by Gasteiger charge is -2.28. The number of carbonyl (C=O) groups excluding carboxylic acids is 1. The summed E-state index contributed by atoms with van der Waals surface area (Å²) in [5.74, 6) is -0.944. The van der Waals surface area contributed by atoms with E-state index in [4.69, 9.17) is 0 Å². The Morgan fingerprint density at radius 1 is 1.38 bits per heavy atom. The molecule has 0 radical (unpaired) electrons. The van der Waals surface area contributed by atoms with Crippen LogP contribution >= 0.6 is 0 Å². The molecule has 0 bridgehead atoms. The molecule has 0 saturated carbocycles. The third-order valence-corrected chi connectivity index (χ3v) is 4.18. The fourth-order valence-electron chi connectivity index (χ4n) is 3.07. The third-order valence-electron chi connectivity index (χ3n) is 4.18. The summed E-state index contributed by atoms with van der Waals surface area (Å²) in [5.41, 5.74) is 0.931. The molecule has 1 aromatic carbocycles. The Bertz CT molecular complexity index is 534. The van der Waals surface area contributed by atoms with E-state index in [1.54, 1.807) is 4.90 Å². The van der Waals surface area contributed by atoms with E-state index in [9.17, 15) is 14.7 Å². The summed E-state index contributed by atoms with van der Waals surface area (Å²) < 4.78 is 0. The summed E-state index contributed by atoms with van der Waals surface area (Å²) in [4.78, 5) is 27.3. The average molecular weight is 289 g/mol. The van der Waals surface area contributed by atoms with Crippen LogP contribution in [-0.2, 0) is 11.2 Å². The van der Waals surface area contributed by atoms with Crippen molar-refractivity contribution in [2.75, 3.05) is 26.2 Å². The first kappa shape index (κ1) is 13.9. The summed E-state index contributed by atoms with van der Waals surface area (Å²) >= 11 is 0. The molecule has 0 spiro atoms. The number of hydrogen-bond acceptors (Lipinski definition) is 3. The summed E-state index contributed by atoms with van der Waals surface area (Å²) in [5, 5.41) is 12.8. The highest BCUT2D eigenvalue weighted by molar-refractivity contribution is 5.84. The van der Waals surface area contributed by atoms with Crippen LogP contribution in [0.5, 0.6) is 0 Å². The van der Waals surface area contributed by atoms with Gasteiger partial charge in [0, 0.05) is 32.6 Å². The maximum Gasteiger partial charge on any atom is 0.326 e. The molecule has 1 unspecified atom stereocenters. The van der Waals surface area contributed by atoms with Gasteiger partial charge in [-0.05, 0) is 5.56 Å². The number of hydrogen-bond donors (Lipinski definition) is 2. The van der Waals surface area contributed by atoms with E-state index in [0.717, 1.165) is 18.7 Å². The van der Waals surface area contributed by atoms with Gasteiger partial charge in [0.1, 0.15) is 6.04 Å². The molecular weight excluding hydrogens is 270 g/mol.